The maximum atomic E-state index is 9.43. The molecule has 1 aromatic carbocycles. The van der Waals surface area contributed by atoms with Crippen LogP contribution in [-0.4, -0.2) is 22.4 Å². The monoisotopic (exact) mass is 188 g/mol. The van der Waals surface area contributed by atoms with E-state index in [4.69, 9.17) is 0 Å². The second-order valence-electron chi connectivity index (χ2n) is 3.33. The smallest absolute Gasteiger partial charge is 0.102 e. The van der Waals surface area contributed by atoms with E-state index < -0.39 is 12.2 Å². The molecule has 72 valence electrons. The summed E-state index contributed by atoms with van der Waals surface area (Å²) in [6, 6.07) is 9.78. The van der Waals surface area contributed by atoms with Crippen molar-refractivity contribution in [3.63, 3.8) is 0 Å². The highest BCUT2D eigenvalue weighted by molar-refractivity contribution is 5.75. The zero-order chi connectivity index (χ0) is 9.97. The highest BCUT2D eigenvalue weighted by Gasteiger charge is 2.15. The molecule has 0 saturated carbocycles. The summed E-state index contributed by atoms with van der Waals surface area (Å²) in [5, 5.41) is 18.7. The maximum absolute atomic E-state index is 9.43. The molecule has 2 nitrogen and oxygen atoms in total. The number of aliphatic hydroxyl groups excluding tert-OH is 2. The van der Waals surface area contributed by atoms with Crippen molar-refractivity contribution in [1.82, 2.24) is 0 Å². The summed E-state index contributed by atoms with van der Waals surface area (Å²) < 4.78 is 0. The minimum Gasteiger partial charge on any atom is -0.386 e. The molecule has 2 N–H and O–H groups in total. The van der Waals surface area contributed by atoms with Gasteiger partial charge in [0.2, 0.25) is 0 Å². The van der Waals surface area contributed by atoms with Gasteiger partial charge in [-0.05, 0) is 17.2 Å². The third-order valence-corrected chi connectivity index (χ3v) is 2.28. The molecule has 2 unspecified atom stereocenters. The predicted molar refractivity (Wildman–Crippen MR) is 55.6 cm³/mol. The Morgan fingerprint density at radius 1 is 0.929 bits per heavy atom. The zero-order valence-electron chi connectivity index (χ0n) is 7.67. The van der Waals surface area contributed by atoms with Crippen molar-refractivity contribution in [3.05, 3.63) is 54.1 Å². The van der Waals surface area contributed by atoms with Crippen molar-refractivity contribution in [2.24, 2.45) is 0 Å². The van der Waals surface area contributed by atoms with Gasteiger partial charge >= 0.3 is 0 Å². The third-order valence-electron chi connectivity index (χ3n) is 2.28. The summed E-state index contributed by atoms with van der Waals surface area (Å²) >= 11 is 0. The molecule has 2 heteroatoms. The normalized spacial score (nSPS) is 26.0. The van der Waals surface area contributed by atoms with Crippen LogP contribution in [0.15, 0.2) is 48.6 Å². The first-order chi connectivity index (χ1) is 6.77. The Bertz CT molecular complexity index is 365. The Hall–Kier alpha value is -1.38. The molecule has 1 aliphatic carbocycles. The zero-order valence-corrected chi connectivity index (χ0v) is 7.67. The Morgan fingerprint density at radius 3 is 2.29 bits per heavy atom. The highest BCUT2D eigenvalue weighted by Crippen LogP contribution is 2.21. The molecule has 1 aromatic rings. The van der Waals surface area contributed by atoms with Crippen LogP contribution in [-0.2, 0) is 0 Å². The minimum absolute atomic E-state index is 0.775. The SMILES string of the molecule is OC1C=CC(c2ccccc2)=CC1O. The Kier molecular flexibility index (Phi) is 2.48. The van der Waals surface area contributed by atoms with Gasteiger partial charge < -0.3 is 10.2 Å². The number of hydrogen-bond donors (Lipinski definition) is 2. The van der Waals surface area contributed by atoms with E-state index in [0.29, 0.717) is 0 Å². The van der Waals surface area contributed by atoms with Crippen LogP contribution in [0.4, 0.5) is 0 Å². The van der Waals surface area contributed by atoms with Gasteiger partial charge in [0.15, 0.2) is 0 Å². The number of allylic oxidation sites excluding steroid dienone is 2. The van der Waals surface area contributed by atoms with Crippen LogP contribution >= 0.6 is 0 Å². The first kappa shape index (κ1) is 9.19. The maximum Gasteiger partial charge on any atom is 0.102 e. The minimum atomic E-state index is -0.796. The molecular formula is C12H12O2. The van der Waals surface area contributed by atoms with Gasteiger partial charge in [0.25, 0.3) is 0 Å². The van der Waals surface area contributed by atoms with Crippen LogP contribution in [0.25, 0.3) is 5.57 Å². The third kappa shape index (κ3) is 1.76. The first-order valence-electron chi connectivity index (χ1n) is 4.59. The highest BCUT2D eigenvalue weighted by atomic mass is 16.3. The Balaban J connectivity index is 2.30. The van der Waals surface area contributed by atoms with Gasteiger partial charge in [0.05, 0.1) is 0 Å². The van der Waals surface area contributed by atoms with Gasteiger partial charge in [0, 0.05) is 0 Å². The Morgan fingerprint density at radius 2 is 1.64 bits per heavy atom. The van der Waals surface area contributed by atoms with Gasteiger partial charge in [-0.15, -0.1) is 0 Å². The van der Waals surface area contributed by atoms with Crippen LogP contribution in [0.1, 0.15) is 5.56 Å². The molecule has 14 heavy (non-hydrogen) atoms. The van der Waals surface area contributed by atoms with Crippen molar-refractivity contribution >= 4 is 5.57 Å². The Labute approximate surface area is 82.8 Å². The van der Waals surface area contributed by atoms with E-state index in [9.17, 15) is 10.2 Å². The molecule has 0 aromatic heterocycles. The van der Waals surface area contributed by atoms with Crippen LogP contribution in [0.2, 0.25) is 0 Å². The van der Waals surface area contributed by atoms with Gasteiger partial charge in [-0.1, -0.05) is 42.5 Å². The standard InChI is InChI=1S/C12H12O2/c13-11-7-6-10(8-12(11)14)9-4-2-1-3-5-9/h1-8,11-14H. The largest absolute Gasteiger partial charge is 0.386 e. The first-order valence-corrected chi connectivity index (χ1v) is 4.59. The number of hydrogen-bond acceptors (Lipinski definition) is 2. The van der Waals surface area contributed by atoms with E-state index in [-0.39, 0.29) is 0 Å². The quantitative estimate of drug-likeness (QED) is 0.698. The molecule has 0 radical (unpaired) electrons. The van der Waals surface area contributed by atoms with Crippen molar-refractivity contribution in [3.8, 4) is 0 Å². The fourth-order valence-electron chi connectivity index (χ4n) is 1.48. The summed E-state index contributed by atoms with van der Waals surface area (Å²) in [5.74, 6) is 0. The molecule has 0 heterocycles. The average molecular weight is 188 g/mol. The van der Waals surface area contributed by atoms with E-state index >= 15 is 0 Å². The van der Waals surface area contributed by atoms with Crippen molar-refractivity contribution < 1.29 is 10.2 Å². The number of aliphatic hydroxyl groups is 2. The lowest BCUT2D eigenvalue weighted by atomic mass is 9.97. The van der Waals surface area contributed by atoms with E-state index in [2.05, 4.69) is 0 Å². The lowest BCUT2D eigenvalue weighted by molar-refractivity contribution is 0.0799. The van der Waals surface area contributed by atoms with Crippen molar-refractivity contribution in [2.45, 2.75) is 12.2 Å². The second kappa shape index (κ2) is 3.78. The van der Waals surface area contributed by atoms with Crippen LogP contribution in [0.5, 0.6) is 0 Å². The molecule has 0 amide bonds. The van der Waals surface area contributed by atoms with Crippen molar-refractivity contribution in [2.75, 3.05) is 0 Å². The summed E-state index contributed by atoms with van der Waals surface area (Å²) in [5.41, 5.74) is 2.00. The van der Waals surface area contributed by atoms with E-state index in [1.165, 1.54) is 0 Å². The molecule has 1 aliphatic rings. The molecule has 0 spiro atoms. The van der Waals surface area contributed by atoms with E-state index in [1.807, 2.05) is 36.4 Å². The van der Waals surface area contributed by atoms with Gasteiger partial charge in [-0.3, -0.25) is 0 Å². The number of rotatable bonds is 1. The van der Waals surface area contributed by atoms with Crippen LogP contribution < -0.4 is 0 Å². The lowest BCUT2D eigenvalue weighted by Gasteiger charge is -2.17. The molecule has 0 bridgehead atoms. The summed E-state index contributed by atoms with van der Waals surface area (Å²) in [7, 11) is 0. The topological polar surface area (TPSA) is 40.5 Å². The summed E-state index contributed by atoms with van der Waals surface area (Å²) in [6.45, 7) is 0. The molecule has 0 saturated heterocycles. The van der Waals surface area contributed by atoms with Crippen molar-refractivity contribution in [1.29, 1.82) is 0 Å². The predicted octanol–water partition coefficient (Wildman–Crippen LogP) is 1.36. The molecule has 2 atom stereocenters. The van der Waals surface area contributed by atoms with Gasteiger partial charge in [-0.2, -0.15) is 0 Å². The van der Waals surface area contributed by atoms with Crippen LogP contribution in [0.3, 0.4) is 0 Å². The van der Waals surface area contributed by atoms with Crippen LogP contribution in [0, 0.1) is 0 Å². The summed E-state index contributed by atoms with van der Waals surface area (Å²) in [4.78, 5) is 0. The molecular weight excluding hydrogens is 176 g/mol. The van der Waals surface area contributed by atoms with Gasteiger partial charge in [-0.25, -0.2) is 0 Å². The van der Waals surface area contributed by atoms with Gasteiger partial charge in [0.1, 0.15) is 12.2 Å². The summed E-state index contributed by atoms with van der Waals surface area (Å²) in [6.07, 6.45) is 3.53. The fraction of sp³-hybridized carbons (Fsp3) is 0.167. The van der Waals surface area contributed by atoms with E-state index in [0.717, 1.165) is 11.1 Å². The molecule has 0 aliphatic heterocycles. The average Bonchev–Trinajstić information content (AvgIpc) is 2.23. The number of benzene rings is 1. The fourth-order valence-corrected chi connectivity index (χ4v) is 1.48. The van der Waals surface area contributed by atoms with E-state index in [1.54, 1.807) is 12.2 Å². The molecule has 2 rings (SSSR count). The molecule has 0 fully saturated rings. The lowest BCUT2D eigenvalue weighted by Crippen LogP contribution is -2.23. The second-order valence-corrected chi connectivity index (χ2v) is 3.33.